The third-order valence-corrected chi connectivity index (χ3v) is 3.92. The first-order chi connectivity index (χ1) is 11.1. The number of ketones is 1. The molecular formula is C17H18N4O2. The lowest BCUT2D eigenvalue weighted by molar-refractivity contribution is -0.120. The van der Waals surface area contributed by atoms with Gasteiger partial charge in [-0.1, -0.05) is 30.3 Å². The van der Waals surface area contributed by atoms with Crippen molar-refractivity contribution in [2.45, 2.75) is 6.54 Å². The summed E-state index contributed by atoms with van der Waals surface area (Å²) in [5, 5.41) is 3.04. The fourth-order valence-electron chi connectivity index (χ4n) is 2.63. The van der Waals surface area contributed by atoms with Crippen LogP contribution in [0.1, 0.15) is 16.1 Å². The molecule has 0 bridgehead atoms. The molecule has 2 heterocycles. The van der Waals surface area contributed by atoms with Crippen molar-refractivity contribution in [3.8, 4) is 0 Å². The molecule has 0 saturated carbocycles. The largest absolute Gasteiger partial charge is 0.382 e. The van der Waals surface area contributed by atoms with Crippen LogP contribution in [0.15, 0.2) is 42.5 Å². The lowest BCUT2D eigenvalue weighted by Gasteiger charge is -2.24. The van der Waals surface area contributed by atoms with E-state index in [1.54, 1.807) is 0 Å². The van der Waals surface area contributed by atoms with Crippen molar-refractivity contribution in [3.63, 3.8) is 0 Å². The van der Waals surface area contributed by atoms with Gasteiger partial charge >= 0.3 is 0 Å². The maximum absolute atomic E-state index is 12.4. The molecule has 1 aromatic heterocycles. The first-order valence-corrected chi connectivity index (χ1v) is 7.40. The predicted molar refractivity (Wildman–Crippen MR) is 88.3 cm³/mol. The van der Waals surface area contributed by atoms with E-state index >= 15 is 0 Å². The van der Waals surface area contributed by atoms with Crippen LogP contribution in [-0.4, -0.2) is 30.3 Å². The molecule has 1 amide bonds. The summed E-state index contributed by atoms with van der Waals surface area (Å²) in [6, 6.07) is 13.7. The minimum atomic E-state index is -0.857. The fraction of sp³-hybridized carbons (Fsp3) is 0.235. The predicted octanol–water partition coefficient (Wildman–Crippen LogP) is 1.43. The molecule has 0 saturated heterocycles. The number of primary amides is 1. The van der Waals surface area contributed by atoms with E-state index < -0.39 is 11.8 Å². The molecular weight excluding hydrogens is 292 g/mol. The number of anilines is 2. The van der Waals surface area contributed by atoms with Crippen LogP contribution in [0.5, 0.6) is 0 Å². The number of hydrogen-bond acceptors (Lipinski definition) is 5. The molecule has 0 radical (unpaired) electrons. The molecule has 1 atom stereocenters. The Labute approximate surface area is 134 Å². The van der Waals surface area contributed by atoms with E-state index in [9.17, 15) is 9.59 Å². The van der Waals surface area contributed by atoms with Crippen LogP contribution in [0.4, 0.5) is 11.5 Å². The van der Waals surface area contributed by atoms with Gasteiger partial charge in [-0.15, -0.1) is 0 Å². The van der Waals surface area contributed by atoms with Crippen LogP contribution in [-0.2, 0) is 11.3 Å². The lowest BCUT2D eigenvalue weighted by Crippen LogP contribution is -2.40. The van der Waals surface area contributed by atoms with Gasteiger partial charge in [0.1, 0.15) is 17.4 Å². The van der Waals surface area contributed by atoms with Crippen LogP contribution in [0.25, 0.3) is 0 Å². The molecule has 1 unspecified atom stereocenters. The van der Waals surface area contributed by atoms with Gasteiger partial charge in [-0.2, -0.15) is 0 Å². The van der Waals surface area contributed by atoms with Crippen LogP contribution in [0, 0.1) is 5.92 Å². The first kappa shape index (κ1) is 15.0. The summed E-state index contributed by atoms with van der Waals surface area (Å²) in [6.45, 7) is 0.898. The van der Waals surface area contributed by atoms with Crippen molar-refractivity contribution in [2.24, 2.45) is 11.7 Å². The number of hydrogen-bond donors (Lipinski definition) is 2. The van der Waals surface area contributed by atoms with Gasteiger partial charge in [-0.3, -0.25) is 9.59 Å². The Kier molecular flexibility index (Phi) is 3.97. The smallest absolute Gasteiger partial charge is 0.230 e. The van der Waals surface area contributed by atoms with Crippen LogP contribution in [0.3, 0.4) is 0 Å². The normalized spacial score (nSPS) is 16.4. The third-order valence-electron chi connectivity index (χ3n) is 3.92. The fourth-order valence-corrected chi connectivity index (χ4v) is 2.63. The van der Waals surface area contributed by atoms with E-state index in [1.165, 1.54) is 0 Å². The number of carbonyl (C=O) groups excluding carboxylic acids is 2. The minimum Gasteiger partial charge on any atom is -0.382 e. The summed E-state index contributed by atoms with van der Waals surface area (Å²) in [4.78, 5) is 30.1. The Balaban J connectivity index is 1.85. The van der Waals surface area contributed by atoms with E-state index in [4.69, 9.17) is 5.73 Å². The molecule has 6 nitrogen and oxygen atoms in total. The zero-order valence-electron chi connectivity index (χ0n) is 12.8. The Morgan fingerprint density at radius 1 is 1.30 bits per heavy atom. The van der Waals surface area contributed by atoms with E-state index in [0.29, 0.717) is 18.1 Å². The summed E-state index contributed by atoms with van der Waals surface area (Å²) in [5.41, 5.74) is 7.34. The summed E-state index contributed by atoms with van der Waals surface area (Å²) >= 11 is 0. The summed E-state index contributed by atoms with van der Waals surface area (Å²) in [6.07, 6.45) is 0. The highest BCUT2D eigenvalue weighted by atomic mass is 16.2. The van der Waals surface area contributed by atoms with Gasteiger partial charge < -0.3 is 16.0 Å². The van der Waals surface area contributed by atoms with Gasteiger partial charge in [-0.05, 0) is 17.7 Å². The van der Waals surface area contributed by atoms with Gasteiger partial charge in [-0.25, -0.2) is 4.98 Å². The molecule has 118 valence electrons. The highest BCUT2D eigenvalue weighted by molar-refractivity contribution is 6.13. The number of Topliss-reactive ketones (excluding diaryl/α,β-unsaturated/α-hetero) is 1. The summed E-state index contributed by atoms with van der Waals surface area (Å²) in [5.74, 6) is -1.13. The van der Waals surface area contributed by atoms with Crippen molar-refractivity contribution in [1.82, 2.24) is 4.98 Å². The number of nitrogens with two attached hydrogens (primary N) is 1. The zero-order chi connectivity index (χ0) is 16.4. The SMILES string of the molecule is CN(Cc1ccccc1)c1ccc2c(n1)C(=O)C(C(N)=O)CN2. The molecule has 0 fully saturated rings. The van der Waals surface area contributed by atoms with Crippen molar-refractivity contribution < 1.29 is 9.59 Å². The molecule has 0 spiro atoms. The second-order valence-electron chi connectivity index (χ2n) is 5.61. The van der Waals surface area contributed by atoms with E-state index in [-0.39, 0.29) is 18.0 Å². The van der Waals surface area contributed by atoms with Gasteiger partial charge in [0.2, 0.25) is 5.91 Å². The zero-order valence-corrected chi connectivity index (χ0v) is 12.8. The van der Waals surface area contributed by atoms with E-state index in [0.717, 1.165) is 5.56 Å². The first-order valence-electron chi connectivity index (χ1n) is 7.40. The lowest BCUT2D eigenvalue weighted by atomic mass is 9.95. The number of carbonyl (C=O) groups is 2. The highest BCUT2D eigenvalue weighted by Gasteiger charge is 2.32. The minimum absolute atomic E-state index is 0.224. The molecule has 6 heteroatoms. The second-order valence-corrected chi connectivity index (χ2v) is 5.61. The number of amides is 1. The maximum atomic E-state index is 12.4. The van der Waals surface area contributed by atoms with Gasteiger partial charge in [0, 0.05) is 20.1 Å². The molecule has 0 aliphatic carbocycles. The molecule has 2 aromatic rings. The molecule has 1 aliphatic heterocycles. The molecule has 3 N–H and O–H groups in total. The number of rotatable bonds is 4. The Hall–Kier alpha value is -2.89. The van der Waals surface area contributed by atoms with Crippen LogP contribution >= 0.6 is 0 Å². The van der Waals surface area contributed by atoms with Crippen LogP contribution < -0.4 is 16.0 Å². The van der Waals surface area contributed by atoms with Gasteiger partial charge in [0.15, 0.2) is 5.78 Å². The summed E-state index contributed by atoms with van der Waals surface area (Å²) in [7, 11) is 1.91. The average molecular weight is 310 g/mol. The maximum Gasteiger partial charge on any atom is 0.230 e. The number of nitrogens with zero attached hydrogens (tertiary/aromatic N) is 2. The van der Waals surface area contributed by atoms with Gasteiger partial charge in [0.25, 0.3) is 0 Å². The highest BCUT2D eigenvalue weighted by Crippen LogP contribution is 2.26. The molecule has 1 aromatic carbocycles. The Bertz CT molecular complexity index is 746. The van der Waals surface area contributed by atoms with Crippen LogP contribution in [0.2, 0.25) is 0 Å². The standard InChI is InChI=1S/C17H18N4O2/c1-21(10-11-5-3-2-4-6-11)14-8-7-13-15(20-14)16(22)12(9-19-13)17(18)23/h2-8,12,19H,9-10H2,1H3,(H2,18,23). The van der Waals surface area contributed by atoms with Crippen molar-refractivity contribution >= 4 is 23.2 Å². The van der Waals surface area contributed by atoms with E-state index in [2.05, 4.69) is 10.3 Å². The number of fused-ring (bicyclic) bond motifs is 1. The third kappa shape index (κ3) is 3.01. The number of pyridine rings is 1. The quantitative estimate of drug-likeness (QED) is 0.834. The topological polar surface area (TPSA) is 88.3 Å². The van der Waals surface area contributed by atoms with Crippen molar-refractivity contribution in [1.29, 1.82) is 0 Å². The van der Waals surface area contributed by atoms with E-state index in [1.807, 2.05) is 54.4 Å². The monoisotopic (exact) mass is 310 g/mol. The van der Waals surface area contributed by atoms with Crippen molar-refractivity contribution in [2.75, 3.05) is 23.8 Å². The Morgan fingerprint density at radius 2 is 2.04 bits per heavy atom. The molecule has 1 aliphatic rings. The molecule has 3 rings (SSSR count). The number of aromatic nitrogens is 1. The average Bonchev–Trinajstić information content (AvgIpc) is 2.55. The van der Waals surface area contributed by atoms with Gasteiger partial charge in [0.05, 0.1) is 5.69 Å². The van der Waals surface area contributed by atoms with Crippen molar-refractivity contribution in [3.05, 3.63) is 53.7 Å². The second kappa shape index (κ2) is 6.08. The number of benzene rings is 1. The Morgan fingerprint density at radius 3 is 2.74 bits per heavy atom. The summed E-state index contributed by atoms with van der Waals surface area (Å²) < 4.78 is 0. The number of nitrogens with one attached hydrogen (secondary N) is 1. The molecule has 23 heavy (non-hydrogen) atoms.